The maximum atomic E-state index is 6.82. The minimum atomic E-state index is 0.412. The monoisotopic (exact) mass is 292 g/mol. The first-order chi connectivity index (χ1) is 10.0. The van der Waals surface area contributed by atoms with Gasteiger partial charge in [0.15, 0.2) is 0 Å². The zero-order valence-electron chi connectivity index (χ0n) is 14.5. The van der Waals surface area contributed by atoms with Gasteiger partial charge in [0.1, 0.15) is 0 Å². The van der Waals surface area contributed by atoms with E-state index in [0.29, 0.717) is 11.5 Å². The van der Waals surface area contributed by atoms with Crippen molar-refractivity contribution in [3.8, 4) is 0 Å². The highest BCUT2D eigenvalue weighted by Crippen LogP contribution is 2.61. The predicted molar refractivity (Wildman–Crippen MR) is 90.1 cm³/mol. The van der Waals surface area contributed by atoms with Gasteiger partial charge in [-0.05, 0) is 74.2 Å². The first-order valence-corrected chi connectivity index (χ1v) is 9.52. The molecule has 4 aliphatic carbocycles. The Balaban J connectivity index is 1.63. The second kappa shape index (κ2) is 6.20. The van der Waals surface area contributed by atoms with Crippen LogP contribution in [-0.2, 0) is 0 Å². The molecule has 4 aliphatic rings. The van der Waals surface area contributed by atoms with Crippen molar-refractivity contribution in [3.63, 3.8) is 0 Å². The normalized spacial score (nSPS) is 40.7. The third-order valence-corrected chi connectivity index (χ3v) is 7.04. The Bertz CT molecular complexity index is 316. The molecule has 0 radical (unpaired) electrons. The zero-order chi connectivity index (χ0) is 15.0. The molecular formula is C19H36N2. The fourth-order valence-electron chi connectivity index (χ4n) is 6.01. The molecule has 0 spiro atoms. The first kappa shape index (κ1) is 15.8. The molecular weight excluding hydrogens is 256 g/mol. The molecule has 21 heavy (non-hydrogen) atoms. The van der Waals surface area contributed by atoms with E-state index in [1.54, 1.807) is 0 Å². The van der Waals surface area contributed by atoms with Crippen molar-refractivity contribution in [1.82, 2.24) is 4.90 Å². The van der Waals surface area contributed by atoms with E-state index in [-0.39, 0.29) is 0 Å². The molecule has 4 rings (SSSR count). The van der Waals surface area contributed by atoms with E-state index < -0.39 is 0 Å². The summed E-state index contributed by atoms with van der Waals surface area (Å²) in [4.78, 5) is 2.62. The molecule has 0 aromatic heterocycles. The van der Waals surface area contributed by atoms with Crippen LogP contribution >= 0.6 is 0 Å². The number of likely N-dealkylation sites (N-methyl/N-ethyl adjacent to an activating group) is 1. The van der Waals surface area contributed by atoms with Crippen LogP contribution in [-0.4, -0.2) is 30.6 Å². The Morgan fingerprint density at radius 2 is 1.52 bits per heavy atom. The third-order valence-electron chi connectivity index (χ3n) is 7.04. The first-order valence-electron chi connectivity index (χ1n) is 9.52. The summed E-state index contributed by atoms with van der Waals surface area (Å²) < 4.78 is 0. The zero-order valence-corrected chi connectivity index (χ0v) is 14.5. The molecule has 0 aromatic carbocycles. The standard InChI is InChI=1S/C19H36N2/c1-4-14(3)12-21(5-2)13-18(20)19-9-15-6-16(10-19)8-17(7-15)11-19/h14-18H,4-13,20H2,1-3H3. The van der Waals surface area contributed by atoms with Crippen LogP contribution in [0.25, 0.3) is 0 Å². The van der Waals surface area contributed by atoms with E-state index in [2.05, 4.69) is 25.7 Å². The summed E-state index contributed by atoms with van der Waals surface area (Å²) in [6.45, 7) is 10.5. The van der Waals surface area contributed by atoms with Crippen LogP contribution in [0.3, 0.4) is 0 Å². The summed E-state index contributed by atoms with van der Waals surface area (Å²) in [6, 6.07) is 0.412. The fraction of sp³-hybridized carbons (Fsp3) is 1.00. The predicted octanol–water partition coefficient (Wildman–Crippen LogP) is 3.90. The Labute approximate surface area is 131 Å². The molecule has 4 saturated carbocycles. The maximum Gasteiger partial charge on any atom is 0.0225 e. The molecule has 4 bridgehead atoms. The second-order valence-electron chi connectivity index (χ2n) is 8.75. The van der Waals surface area contributed by atoms with Crippen LogP contribution < -0.4 is 5.73 Å². The van der Waals surface area contributed by atoms with Crippen LogP contribution in [0.2, 0.25) is 0 Å². The number of rotatable bonds is 7. The Morgan fingerprint density at radius 3 is 1.95 bits per heavy atom. The fourth-order valence-corrected chi connectivity index (χ4v) is 6.01. The number of hydrogen-bond acceptors (Lipinski definition) is 2. The van der Waals surface area contributed by atoms with Crippen molar-refractivity contribution < 1.29 is 0 Å². The van der Waals surface area contributed by atoms with Gasteiger partial charge in [-0.2, -0.15) is 0 Å². The maximum absolute atomic E-state index is 6.82. The van der Waals surface area contributed by atoms with Gasteiger partial charge in [-0.15, -0.1) is 0 Å². The largest absolute Gasteiger partial charge is 0.326 e. The summed E-state index contributed by atoms with van der Waals surface area (Å²) in [6.07, 6.45) is 10.2. The summed E-state index contributed by atoms with van der Waals surface area (Å²) in [5, 5.41) is 0. The third kappa shape index (κ3) is 3.17. The lowest BCUT2D eigenvalue weighted by Gasteiger charge is -2.59. The molecule has 0 aromatic rings. The van der Waals surface area contributed by atoms with Crippen LogP contribution in [0.15, 0.2) is 0 Å². The molecule has 0 amide bonds. The van der Waals surface area contributed by atoms with Gasteiger partial charge >= 0.3 is 0 Å². The SMILES string of the molecule is CCC(C)CN(CC)CC(N)C12CC3CC(CC(C3)C1)C2. The highest BCUT2D eigenvalue weighted by Gasteiger charge is 2.53. The Hall–Kier alpha value is -0.0800. The number of hydrogen-bond donors (Lipinski definition) is 1. The molecule has 0 heterocycles. The summed E-state index contributed by atoms with van der Waals surface area (Å²) >= 11 is 0. The van der Waals surface area contributed by atoms with Gasteiger partial charge in [0, 0.05) is 19.1 Å². The molecule has 2 nitrogen and oxygen atoms in total. The second-order valence-corrected chi connectivity index (χ2v) is 8.75. The van der Waals surface area contributed by atoms with Crippen LogP contribution in [0.4, 0.5) is 0 Å². The van der Waals surface area contributed by atoms with Gasteiger partial charge in [-0.1, -0.05) is 27.2 Å². The number of nitrogens with zero attached hydrogens (tertiary/aromatic N) is 1. The molecule has 0 saturated heterocycles. The van der Waals surface area contributed by atoms with E-state index in [0.717, 1.165) is 36.8 Å². The minimum Gasteiger partial charge on any atom is -0.326 e. The van der Waals surface area contributed by atoms with E-state index >= 15 is 0 Å². The molecule has 2 unspecified atom stereocenters. The van der Waals surface area contributed by atoms with Gasteiger partial charge < -0.3 is 10.6 Å². The molecule has 2 heteroatoms. The molecule has 2 atom stereocenters. The topological polar surface area (TPSA) is 29.3 Å². The molecule has 122 valence electrons. The van der Waals surface area contributed by atoms with Crippen LogP contribution in [0.5, 0.6) is 0 Å². The Kier molecular flexibility index (Phi) is 4.66. The molecule has 2 N–H and O–H groups in total. The van der Waals surface area contributed by atoms with Gasteiger partial charge in [-0.3, -0.25) is 0 Å². The minimum absolute atomic E-state index is 0.412. The number of nitrogens with two attached hydrogens (primary N) is 1. The molecule has 0 aliphatic heterocycles. The van der Waals surface area contributed by atoms with Crippen LogP contribution in [0, 0.1) is 29.1 Å². The highest BCUT2D eigenvalue weighted by molar-refractivity contribution is 5.06. The van der Waals surface area contributed by atoms with Crippen molar-refractivity contribution in [2.45, 2.75) is 71.8 Å². The summed E-state index contributed by atoms with van der Waals surface area (Å²) in [5.74, 6) is 3.86. The quantitative estimate of drug-likeness (QED) is 0.771. The van der Waals surface area contributed by atoms with Gasteiger partial charge in [0.2, 0.25) is 0 Å². The van der Waals surface area contributed by atoms with E-state index in [1.807, 2.05) is 0 Å². The van der Waals surface area contributed by atoms with E-state index in [9.17, 15) is 0 Å². The Morgan fingerprint density at radius 1 is 1.00 bits per heavy atom. The smallest absolute Gasteiger partial charge is 0.0225 e. The van der Waals surface area contributed by atoms with E-state index in [1.165, 1.54) is 51.5 Å². The van der Waals surface area contributed by atoms with Crippen molar-refractivity contribution in [2.75, 3.05) is 19.6 Å². The van der Waals surface area contributed by atoms with Gasteiger partial charge in [0.05, 0.1) is 0 Å². The van der Waals surface area contributed by atoms with Crippen LogP contribution in [0.1, 0.15) is 65.7 Å². The van der Waals surface area contributed by atoms with E-state index in [4.69, 9.17) is 5.73 Å². The average molecular weight is 293 g/mol. The lowest BCUT2D eigenvalue weighted by molar-refractivity contribution is -0.0717. The summed E-state index contributed by atoms with van der Waals surface area (Å²) in [7, 11) is 0. The molecule has 4 fully saturated rings. The van der Waals surface area contributed by atoms with Gasteiger partial charge in [-0.25, -0.2) is 0 Å². The van der Waals surface area contributed by atoms with Crippen molar-refractivity contribution in [1.29, 1.82) is 0 Å². The summed E-state index contributed by atoms with van der Waals surface area (Å²) in [5.41, 5.74) is 7.34. The average Bonchev–Trinajstić information content (AvgIpc) is 2.44. The lowest BCUT2D eigenvalue weighted by atomic mass is 9.48. The van der Waals surface area contributed by atoms with Crippen molar-refractivity contribution >= 4 is 0 Å². The van der Waals surface area contributed by atoms with Gasteiger partial charge in [0.25, 0.3) is 0 Å². The lowest BCUT2D eigenvalue weighted by Crippen LogP contribution is -2.57. The van der Waals surface area contributed by atoms with Crippen molar-refractivity contribution in [3.05, 3.63) is 0 Å². The highest BCUT2D eigenvalue weighted by atomic mass is 15.1. The van der Waals surface area contributed by atoms with Crippen molar-refractivity contribution in [2.24, 2.45) is 34.8 Å².